The smallest absolute Gasteiger partial charge is 0.309 e. The Hall–Kier alpha value is -0.570. The van der Waals surface area contributed by atoms with Gasteiger partial charge >= 0.3 is 5.97 Å². The van der Waals surface area contributed by atoms with Crippen molar-refractivity contribution >= 4 is 5.97 Å². The number of hydrogen-bond acceptors (Lipinski definition) is 3. The standard InChI is InChI=1S/C11H21NO2/c1-11(2,3)14-10(13)8-5-4-6-9(12)7-8/h8-9H,4-7,12H2,1-3H3. The maximum Gasteiger partial charge on any atom is 0.309 e. The highest BCUT2D eigenvalue weighted by atomic mass is 16.6. The summed E-state index contributed by atoms with van der Waals surface area (Å²) in [4.78, 5) is 11.7. The molecule has 0 aromatic heterocycles. The third-order valence-electron chi connectivity index (χ3n) is 2.45. The van der Waals surface area contributed by atoms with E-state index in [1.165, 1.54) is 0 Å². The molecule has 2 unspecified atom stereocenters. The molecule has 0 spiro atoms. The quantitative estimate of drug-likeness (QED) is 0.656. The Morgan fingerprint density at radius 3 is 2.50 bits per heavy atom. The molecule has 1 aliphatic rings. The summed E-state index contributed by atoms with van der Waals surface area (Å²) in [6.07, 6.45) is 3.81. The number of carbonyl (C=O) groups excluding carboxylic acids is 1. The van der Waals surface area contributed by atoms with Gasteiger partial charge in [0.15, 0.2) is 0 Å². The summed E-state index contributed by atoms with van der Waals surface area (Å²) in [5, 5.41) is 0. The van der Waals surface area contributed by atoms with Crippen LogP contribution in [0.2, 0.25) is 0 Å². The van der Waals surface area contributed by atoms with E-state index in [0.717, 1.165) is 25.7 Å². The lowest BCUT2D eigenvalue weighted by molar-refractivity contribution is -0.161. The van der Waals surface area contributed by atoms with E-state index < -0.39 is 0 Å². The number of hydrogen-bond donors (Lipinski definition) is 1. The van der Waals surface area contributed by atoms with Gasteiger partial charge in [0, 0.05) is 6.04 Å². The molecule has 3 heteroatoms. The summed E-state index contributed by atoms with van der Waals surface area (Å²) in [6.45, 7) is 5.69. The third-order valence-corrected chi connectivity index (χ3v) is 2.45. The van der Waals surface area contributed by atoms with E-state index in [1.807, 2.05) is 20.8 Å². The fraction of sp³-hybridized carbons (Fsp3) is 0.909. The molecule has 1 fully saturated rings. The van der Waals surface area contributed by atoms with Crippen LogP contribution in [0.3, 0.4) is 0 Å². The van der Waals surface area contributed by atoms with Gasteiger partial charge in [-0.1, -0.05) is 6.42 Å². The van der Waals surface area contributed by atoms with E-state index in [0.29, 0.717) is 0 Å². The molecular weight excluding hydrogens is 178 g/mol. The van der Waals surface area contributed by atoms with E-state index in [2.05, 4.69) is 0 Å². The molecule has 0 saturated heterocycles. The molecule has 0 radical (unpaired) electrons. The number of carbonyl (C=O) groups is 1. The van der Waals surface area contributed by atoms with Crippen LogP contribution in [0.1, 0.15) is 46.5 Å². The van der Waals surface area contributed by atoms with Crippen molar-refractivity contribution < 1.29 is 9.53 Å². The highest BCUT2D eigenvalue weighted by molar-refractivity contribution is 5.73. The van der Waals surface area contributed by atoms with Crippen LogP contribution in [0.5, 0.6) is 0 Å². The van der Waals surface area contributed by atoms with Gasteiger partial charge in [0.2, 0.25) is 0 Å². The largest absolute Gasteiger partial charge is 0.460 e. The van der Waals surface area contributed by atoms with Gasteiger partial charge in [-0.3, -0.25) is 4.79 Å². The molecule has 0 aromatic rings. The van der Waals surface area contributed by atoms with Gasteiger partial charge in [-0.2, -0.15) is 0 Å². The van der Waals surface area contributed by atoms with Crippen LogP contribution in [0, 0.1) is 5.92 Å². The van der Waals surface area contributed by atoms with Crippen LogP contribution in [-0.4, -0.2) is 17.6 Å². The van der Waals surface area contributed by atoms with Crippen LogP contribution in [-0.2, 0) is 9.53 Å². The molecule has 1 rings (SSSR count). The third kappa shape index (κ3) is 3.66. The molecule has 2 N–H and O–H groups in total. The Morgan fingerprint density at radius 2 is 2.00 bits per heavy atom. The average Bonchev–Trinajstić information content (AvgIpc) is 2.01. The number of nitrogens with two attached hydrogens (primary N) is 1. The van der Waals surface area contributed by atoms with Crippen molar-refractivity contribution in [3.05, 3.63) is 0 Å². The van der Waals surface area contributed by atoms with Gasteiger partial charge in [0.1, 0.15) is 5.60 Å². The van der Waals surface area contributed by atoms with Crippen LogP contribution >= 0.6 is 0 Å². The fourth-order valence-corrected chi connectivity index (χ4v) is 1.83. The Kier molecular flexibility index (Phi) is 3.53. The molecule has 1 aliphatic carbocycles. The number of esters is 1. The molecule has 0 heterocycles. The minimum atomic E-state index is -0.376. The Labute approximate surface area is 86.0 Å². The second kappa shape index (κ2) is 4.30. The number of rotatable bonds is 1. The first-order valence-electron chi connectivity index (χ1n) is 5.37. The topological polar surface area (TPSA) is 52.3 Å². The molecule has 3 nitrogen and oxygen atoms in total. The van der Waals surface area contributed by atoms with Crippen LogP contribution in [0.4, 0.5) is 0 Å². The van der Waals surface area contributed by atoms with Crippen molar-refractivity contribution in [3.8, 4) is 0 Å². The summed E-state index contributed by atoms with van der Waals surface area (Å²) in [5.41, 5.74) is 5.44. The summed E-state index contributed by atoms with van der Waals surface area (Å²) in [7, 11) is 0. The molecule has 0 amide bonds. The predicted octanol–water partition coefficient (Wildman–Crippen LogP) is 1.85. The molecule has 1 saturated carbocycles. The maximum absolute atomic E-state index is 11.7. The lowest BCUT2D eigenvalue weighted by Crippen LogP contribution is -2.35. The van der Waals surface area contributed by atoms with Gasteiger partial charge < -0.3 is 10.5 Å². The summed E-state index contributed by atoms with van der Waals surface area (Å²) >= 11 is 0. The van der Waals surface area contributed by atoms with Gasteiger partial charge in [-0.25, -0.2) is 0 Å². The second-order valence-electron chi connectivity index (χ2n) is 5.16. The first-order valence-corrected chi connectivity index (χ1v) is 5.37. The van der Waals surface area contributed by atoms with E-state index in [9.17, 15) is 4.79 Å². The van der Waals surface area contributed by atoms with Crippen LogP contribution < -0.4 is 5.73 Å². The molecule has 82 valence electrons. The molecule has 0 aliphatic heterocycles. The van der Waals surface area contributed by atoms with Crippen LogP contribution in [0.15, 0.2) is 0 Å². The van der Waals surface area contributed by atoms with Crippen molar-refractivity contribution in [1.29, 1.82) is 0 Å². The lowest BCUT2D eigenvalue weighted by Gasteiger charge is -2.28. The predicted molar refractivity (Wildman–Crippen MR) is 55.8 cm³/mol. The zero-order valence-electron chi connectivity index (χ0n) is 9.38. The molecular formula is C11H21NO2. The minimum absolute atomic E-state index is 0.0259. The fourth-order valence-electron chi connectivity index (χ4n) is 1.83. The van der Waals surface area contributed by atoms with E-state index in [4.69, 9.17) is 10.5 Å². The van der Waals surface area contributed by atoms with Gasteiger partial charge in [-0.15, -0.1) is 0 Å². The monoisotopic (exact) mass is 199 g/mol. The van der Waals surface area contributed by atoms with E-state index >= 15 is 0 Å². The van der Waals surface area contributed by atoms with Crippen molar-refractivity contribution in [2.75, 3.05) is 0 Å². The number of ether oxygens (including phenoxy) is 1. The van der Waals surface area contributed by atoms with Gasteiger partial charge in [0.05, 0.1) is 5.92 Å². The SMILES string of the molecule is CC(C)(C)OC(=O)C1CCCC(N)C1. The first kappa shape index (κ1) is 11.5. The summed E-state index contributed by atoms with van der Waals surface area (Å²) in [6, 6.07) is 0.182. The van der Waals surface area contributed by atoms with E-state index in [-0.39, 0.29) is 23.5 Å². The molecule has 2 atom stereocenters. The zero-order chi connectivity index (χ0) is 10.8. The normalized spacial score (nSPS) is 28.6. The highest BCUT2D eigenvalue weighted by Crippen LogP contribution is 2.25. The van der Waals surface area contributed by atoms with Gasteiger partial charge in [0.25, 0.3) is 0 Å². The Morgan fingerprint density at radius 1 is 1.36 bits per heavy atom. The van der Waals surface area contributed by atoms with Crippen molar-refractivity contribution in [1.82, 2.24) is 0 Å². The molecule has 14 heavy (non-hydrogen) atoms. The van der Waals surface area contributed by atoms with Crippen LogP contribution in [0.25, 0.3) is 0 Å². The van der Waals surface area contributed by atoms with Gasteiger partial charge in [-0.05, 0) is 40.0 Å². The maximum atomic E-state index is 11.7. The van der Waals surface area contributed by atoms with Crippen molar-refractivity contribution in [2.24, 2.45) is 11.7 Å². The van der Waals surface area contributed by atoms with Crippen molar-refractivity contribution in [2.45, 2.75) is 58.1 Å². The first-order chi connectivity index (χ1) is 6.38. The Bertz CT molecular complexity index is 208. The highest BCUT2D eigenvalue weighted by Gasteiger charge is 2.29. The van der Waals surface area contributed by atoms with E-state index in [1.54, 1.807) is 0 Å². The van der Waals surface area contributed by atoms with Crippen molar-refractivity contribution in [3.63, 3.8) is 0 Å². The summed E-state index contributed by atoms with van der Waals surface area (Å²) in [5.74, 6) is -0.0503. The Balaban J connectivity index is 2.44. The summed E-state index contributed by atoms with van der Waals surface area (Å²) < 4.78 is 5.33. The minimum Gasteiger partial charge on any atom is -0.460 e. The molecule has 0 bridgehead atoms. The molecule has 0 aromatic carbocycles. The lowest BCUT2D eigenvalue weighted by atomic mass is 9.86. The average molecular weight is 199 g/mol. The second-order valence-corrected chi connectivity index (χ2v) is 5.16. The zero-order valence-corrected chi connectivity index (χ0v) is 9.38.